The second kappa shape index (κ2) is 6.90. The summed E-state index contributed by atoms with van der Waals surface area (Å²) in [7, 11) is 0. The second-order valence-corrected chi connectivity index (χ2v) is 5.71. The summed E-state index contributed by atoms with van der Waals surface area (Å²) in [6.45, 7) is 13.7. The Hall–Kier alpha value is -1.61. The van der Waals surface area contributed by atoms with Gasteiger partial charge in [-0.05, 0) is 44.9 Å². The Bertz CT molecular complexity index is 611. The third-order valence-corrected chi connectivity index (χ3v) is 3.92. The Morgan fingerprint density at radius 1 is 1.14 bits per heavy atom. The van der Waals surface area contributed by atoms with E-state index in [-0.39, 0.29) is 0 Å². The maximum absolute atomic E-state index is 4.72. The van der Waals surface area contributed by atoms with Gasteiger partial charge in [-0.25, -0.2) is 0 Å². The lowest BCUT2D eigenvalue weighted by molar-refractivity contribution is 0.583. The number of rotatable bonds is 6. The normalized spacial score (nSPS) is 11.1. The molecule has 2 rings (SSSR count). The Morgan fingerprint density at radius 2 is 1.90 bits per heavy atom. The largest absolute Gasteiger partial charge is 0.313 e. The number of aromatic nitrogens is 2. The smallest absolute Gasteiger partial charge is 0.0675 e. The molecule has 0 atom stereocenters. The van der Waals surface area contributed by atoms with Crippen LogP contribution in [0.4, 0.5) is 0 Å². The van der Waals surface area contributed by atoms with E-state index in [1.807, 2.05) is 0 Å². The van der Waals surface area contributed by atoms with Crippen LogP contribution >= 0.6 is 0 Å². The molecule has 2 aromatic rings. The molecule has 0 fully saturated rings. The van der Waals surface area contributed by atoms with Crippen molar-refractivity contribution in [2.75, 3.05) is 6.54 Å². The van der Waals surface area contributed by atoms with Gasteiger partial charge in [0.1, 0.15) is 0 Å². The molecule has 1 N–H and O–H groups in total. The van der Waals surface area contributed by atoms with Crippen molar-refractivity contribution in [2.45, 2.75) is 54.1 Å². The maximum atomic E-state index is 4.72. The van der Waals surface area contributed by atoms with Gasteiger partial charge in [0.05, 0.1) is 5.69 Å². The molecule has 0 aliphatic carbocycles. The molecule has 1 aromatic heterocycles. The topological polar surface area (TPSA) is 29.9 Å². The summed E-state index contributed by atoms with van der Waals surface area (Å²) in [5.74, 6) is 0. The van der Waals surface area contributed by atoms with E-state index in [1.165, 1.54) is 27.9 Å². The number of nitrogens with zero attached hydrogens (tertiary/aromatic N) is 2. The highest BCUT2D eigenvalue weighted by Crippen LogP contribution is 2.31. The van der Waals surface area contributed by atoms with Crippen molar-refractivity contribution in [1.29, 1.82) is 0 Å². The summed E-state index contributed by atoms with van der Waals surface area (Å²) in [6, 6.07) is 6.72. The molecule has 0 radical (unpaired) electrons. The van der Waals surface area contributed by atoms with Gasteiger partial charge in [-0.15, -0.1) is 0 Å². The zero-order chi connectivity index (χ0) is 15.4. The molecule has 3 nitrogen and oxygen atoms in total. The molecular weight excluding hydrogens is 258 g/mol. The third-order valence-electron chi connectivity index (χ3n) is 3.92. The number of hydrogen-bond acceptors (Lipinski definition) is 2. The predicted molar refractivity (Wildman–Crippen MR) is 89.5 cm³/mol. The molecule has 3 heteroatoms. The van der Waals surface area contributed by atoms with E-state index in [2.05, 4.69) is 62.8 Å². The highest BCUT2D eigenvalue weighted by atomic mass is 15.3. The average molecular weight is 285 g/mol. The molecule has 114 valence electrons. The lowest BCUT2D eigenvalue weighted by Gasteiger charge is -2.12. The monoisotopic (exact) mass is 285 g/mol. The van der Waals surface area contributed by atoms with Crippen molar-refractivity contribution in [3.8, 4) is 11.1 Å². The highest BCUT2D eigenvalue weighted by molar-refractivity contribution is 5.72. The fraction of sp³-hybridized carbons (Fsp3) is 0.500. The number of hydrogen-bond donors (Lipinski definition) is 1. The van der Waals surface area contributed by atoms with Crippen LogP contribution in [0.5, 0.6) is 0 Å². The van der Waals surface area contributed by atoms with Crippen LogP contribution in [0.3, 0.4) is 0 Å². The molecule has 1 aromatic carbocycles. The van der Waals surface area contributed by atoms with E-state index < -0.39 is 0 Å². The summed E-state index contributed by atoms with van der Waals surface area (Å²) < 4.78 is 2.14. The van der Waals surface area contributed by atoms with E-state index in [4.69, 9.17) is 5.10 Å². The fourth-order valence-corrected chi connectivity index (χ4v) is 2.85. The van der Waals surface area contributed by atoms with Gasteiger partial charge in [0.25, 0.3) is 0 Å². The van der Waals surface area contributed by atoms with Gasteiger partial charge in [0.2, 0.25) is 0 Å². The number of benzene rings is 1. The van der Waals surface area contributed by atoms with Crippen LogP contribution in [0.2, 0.25) is 0 Å². The van der Waals surface area contributed by atoms with Crippen LogP contribution in [-0.4, -0.2) is 16.3 Å². The van der Waals surface area contributed by atoms with E-state index in [1.54, 1.807) is 0 Å². The minimum Gasteiger partial charge on any atom is -0.313 e. The van der Waals surface area contributed by atoms with Crippen LogP contribution in [-0.2, 0) is 13.1 Å². The maximum Gasteiger partial charge on any atom is 0.0675 e. The molecule has 0 aliphatic heterocycles. The first kappa shape index (κ1) is 15.8. The molecule has 0 spiro atoms. The molecule has 0 aliphatic rings. The lowest BCUT2D eigenvalue weighted by Crippen LogP contribution is -2.12. The molecule has 0 saturated carbocycles. The SMILES string of the molecule is CCCn1nc(C)c(-c2cc(C)ccc2CNCC)c1C. The van der Waals surface area contributed by atoms with Crippen molar-refractivity contribution in [3.63, 3.8) is 0 Å². The van der Waals surface area contributed by atoms with Gasteiger partial charge in [0.15, 0.2) is 0 Å². The minimum atomic E-state index is 0.907. The van der Waals surface area contributed by atoms with Crippen LogP contribution in [0.15, 0.2) is 18.2 Å². The van der Waals surface area contributed by atoms with E-state index >= 15 is 0 Å². The van der Waals surface area contributed by atoms with Crippen molar-refractivity contribution in [2.24, 2.45) is 0 Å². The summed E-state index contributed by atoms with van der Waals surface area (Å²) in [6.07, 6.45) is 1.11. The van der Waals surface area contributed by atoms with Crippen LogP contribution in [0, 0.1) is 20.8 Å². The average Bonchev–Trinajstić information content (AvgIpc) is 2.72. The van der Waals surface area contributed by atoms with E-state index in [0.717, 1.165) is 31.7 Å². The van der Waals surface area contributed by atoms with Gasteiger partial charge in [-0.1, -0.05) is 37.6 Å². The van der Waals surface area contributed by atoms with Crippen molar-refractivity contribution in [1.82, 2.24) is 15.1 Å². The zero-order valence-corrected chi connectivity index (χ0v) is 14.0. The molecule has 0 unspecified atom stereocenters. The number of aryl methyl sites for hydroxylation is 3. The quantitative estimate of drug-likeness (QED) is 0.869. The Balaban J connectivity index is 2.52. The van der Waals surface area contributed by atoms with E-state index in [9.17, 15) is 0 Å². The molecule has 0 bridgehead atoms. The van der Waals surface area contributed by atoms with E-state index in [0.29, 0.717) is 0 Å². The molecule has 0 amide bonds. The first-order valence-corrected chi connectivity index (χ1v) is 7.93. The van der Waals surface area contributed by atoms with Crippen LogP contribution in [0.25, 0.3) is 11.1 Å². The Morgan fingerprint density at radius 3 is 2.57 bits per heavy atom. The van der Waals surface area contributed by atoms with Gasteiger partial charge in [-0.3, -0.25) is 4.68 Å². The summed E-state index contributed by atoms with van der Waals surface area (Å²) in [4.78, 5) is 0. The first-order chi connectivity index (χ1) is 10.1. The molecule has 0 saturated heterocycles. The third kappa shape index (κ3) is 3.35. The van der Waals surface area contributed by atoms with Crippen LogP contribution < -0.4 is 5.32 Å². The zero-order valence-electron chi connectivity index (χ0n) is 14.0. The molecular formula is C18H27N3. The van der Waals surface area contributed by atoms with Gasteiger partial charge < -0.3 is 5.32 Å². The fourth-order valence-electron chi connectivity index (χ4n) is 2.85. The van der Waals surface area contributed by atoms with Gasteiger partial charge in [0, 0.05) is 24.3 Å². The van der Waals surface area contributed by atoms with Gasteiger partial charge >= 0.3 is 0 Å². The minimum absolute atomic E-state index is 0.907. The predicted octanol–water partition coefficient (Wildman–Crippen LogP) is 3.99. The van der Waals surface area contributed by atoms with Crippen molar-refractivity contribution in [3.05, 3.63) is 40.7 Å². The highest BCUT2D eigenvalue weighted by Gasteiger charge is 2.16. The summed E-state index contributed by atoms with van der Waals surface area (Å²) in [5, 5.41) is 8.16. The second-order valence-electron chi connectivity index (χ2n) is 5.71. The first-order valence-electron chi connectivity index (χ1n) is 7.93. The summed E-state index contributed by atoms with van der Waals surface area (Å²) in [5.41, 5.74) is 7.69. The van der Waals surface area contributed by atoms with Gasteiger partial charge in [-0.2, -0.15) is 5.10 Å². The van der Waals surface area contributed by atoms with Crippen molar-refractivity contribution < 1.29 is 0 Å². The lowest BCUT2D eigenvalue weighted by atomic mass is 9.96. The van der Waals surface area contributed by atoms with Crippen molar-refractivity contribution >= 4 is 0 Å². The Kier molecular flexibility index (Phi) is 5.18. The summed E-state index contributed by atoms with van der Waals surface area (Å²) >= 11 is 0. The Labute approximate surface area is 128 Å². The standard InChI is InChI=1S/C18H27N3/c1-6-10-21-15(5)18(14(4)20-21)17-11-13(3)8-9-16(17)12-19-7-2/h8-9,11,19H,6-7,10,12H2,1-5H3. The number of nitrogens with one attached hydrogen (secondary N) is 1. The molecule has 1 heterocycles. The van der Waals surface area contributed by atoms with Crippen LogP contribution in [0.1, 0.15) is 42.8 Å². The molecule has 21 heavy (non-hydrogen) atoms.